The monoisotopic (exact) mass is 1270 g/mol. The number of para-hydroxylation sites is 9. The van der Waals surface area contributed by atoms with Gasteiger partial charge in [0.05, 0.1) is 66.5 Å². The first-order chi connectivity index (χ1) is 49.6. The highest BCUT2D eigenvalue weighted by molar-refractivity contribution is 6.25. The second kappa shape index (κ2) is 21.0. The summed E-state index contributed by atoms with van der Waals surface area (Å²) in [6.07, 6.45) is 0. The molecule has 7 aromatic heterocycles. The van der Waals surface area contributed by atoms with Crippen molar-refractivity contribution in [2.45, 2.75) is 0 Å². The van der Waals surface area contributed by atoms with Gasteiger partial charge in [-0.05, 0) is 131 Å². The molecule has 0 N–H and O–H groups in total. The van der Waals surface area contributed by atoms with Crippen LogP contribution in [0.3, 0.4) is 0 Å². The molecule has 0 spiro atoms. The third-order valence-electron chi connectivity index (χ3n) is 21.0. The first-order valence-electron chi connectivity index (χ1n) is 34.0. The summed E-state index contributed by atoms with van der Waals surface area (Å²) in [5.41, 5.74) is 28.0. The van der Waals surface area contributed by atoms with Gasteiger partial charge in [-0.15, -0.1) is 0 Å². The van der Waals surface area contributed by atoms with Crippen LogP contribution in [-0.2, 0) is 0 Å². The third-order valence-corrected chi connectivity index (χ3v) is 21.0. The minimum atomic E-state index is 0.632. The van der Waals surface area contributed by atoms with E-state index in [0.29, 0.717) is 11.4 Å². The minimum absolute atomic E-state index is 0.632. The molecule has 22 rings (SSSR count). The number of rotatable bonds is 7. The van der Waals surface area contributed by atoms with Crippen molar-refractivity contribution in [1.29, 1.82) is 0 Å². The average Bonchev–Trinajstić information content (AvgIpc) is 1.55. The Balaban J connectivity index is 0.717. The van der Waals surface area contributed by atoms with Crippen molar-refractivity contribution in [3.05, 3.63) is 328 Å². The maximum Gasteiger partial charge on any atom is 0.228 e. The molecule has 464 valence electrons. The Labute approximate surface area is 571 Å². The van der Waals surface area contributed by atoms with Gasteiger partial charge in [-0.3, -0.25) is 0 Å². The number of hydrogen-bond donors (Lipinski definition) is 0. The van der Waals surface area contributed by atoms with Crippen LogP contribution < -0.4 is 4.90 Å². The van der Waals surface area contributed by atoms with Crippen molar-refractivity contribution in [2.24, 2.45) is 0 Å². The van der Waals surface area contributed by atoms with E-state index in [1.54, 1.807) is 0 Å². The summed E-state index contributed by atoms with van der Waals surface area (Å²) in [5.74, 6) is 0. The molecule has 21 aromatic rings. The van der Waals surface area contributed by atoms with Gasteiger partial charge in [0.2, 0.25) is 11.4 Å². The van der Waals surface area contributed by atoms with Gasteiger partial charge in [-0.2, -0.15) is 0 Å². The normalized spacial score (nSPS) is 12.4. The molecule has 1 aliphatic rings. The first kappa shape index (κ1) is 54.7. The van der Waals surface area contributed by atoms with Crippen LogP contribution in [0.4, 0.5) is 17.1 Å². The van der Waals surface area contributed by atoms with Gasteiger partial charge in [0.1, 0.15) is 11.2 Å². The number of nitrogens with zero attached hydrogens (tertiary/aromatic N) is 6. The van der Waals surface area contributed by atoms with Crippen LogP contribution in [0.5, 0.6) is 0 Å². The van der Waals surface area contributed by atoms with E-state index in [1.807, 2.05) is 24.3 Å². The molecule has 8 heterocycles. The average molecular weight is 1280 g/mol. The van der Waals surface area contributed by atoms with Gasteiger partial charge in [0.25, 0.3) is 0 Å². The summed E-state index contributed by atoms with van der Waals surface area (Å²) in [6, 6.07) is 119. The van der Waals surface area contributed by atoms with E-state index in [2.05, 4.69) is 322 Å². The van der Waals surface area contributed by atoms with Crippen molar-refractivity contribution < 1.29 is 8.83 Å². The molecule has 0 atom stereocenters. The van der Waals surface area contributed by atoms with E-state index in [-0.39, 0.29) is 0 Å². The smallest absolute Gasteiger partial charge is 0.228 e. The zero-order valence-electron chi connectivity index (χ0n) is 53.7. The number of anilines is 3. The maximum absolute atomic E-state index is 6.52. The fourth-order valence-corrected chi connectivity index (χ4v) is 16.8. The van der Waals surface area contributed by atoms with Gasteiger partial charge >= 0.3 is 0 Å². The molecule has 1 aliphatic heterocycles. The van der Waals surface area contributed by atoms with Crippen molar-refractivity contribution in [1.82, 2.24) is 23.7 Å². The van der Waals surface area contributed by atoms with Crippen LogP contribution in [0.15, 0.2) is 336 Å². The van der Waals surface area contributed by atoms with E-state index in [1.165, 1.54) is 27.1 Å². The SMILES string of the molecule is c1ccc(-n2c3c(c4cc(-c5ccc(-n6c7ccccc7c7ccc8c9ccccc9n(-c9cccc(-c%10c%11ccccc%11nc%11oc%12ccccc%12c%10%11)c9)c8c76)cc5)ccc42)-c2ccccc2N(c2cccc(-c4c5ccccc5nc5oc6ccccc6c45)c2)c2ccccc2-3)cc1. The second-order valence-corrected chi connectivity index (χ2v) is 26.3. The Morgan fingerprint density at radius 2 is 0.700 bits per heavy atom. The summed E-state index contributed by atoms with van der Waals surface area (Å²) in [7, 11) is 0. The van der Waals surface area contributed by atoms with Gasteiger partial charge in [0, 0.05) is 99.0 Å². The lowest BCUT2D eigenvalue weighted by atomic mass is 9.95. The highest BCUT2D eigenvalue weighted by Crippen LogP contribution is 2.56. The highest BCUT2D eigenvalue weighted by atomic mass is 16.3. The third kappa shape index (κ3) is 7.81. The van der Waals surface area contributed by atoms with Gasteiger partial charge < -0.3 is 27.4 Å². The quantitative estimate of drug-likeness (QED) is 0.159. The van der Waals surface area contributed by atoms with Crippen LogP contribution in [-0.4, -0.2) is 23.7 Å². The molecule has 100 heavy (non-hydrogen) atoms. The molecule has 0 radical (unpaired) electrons. The van der Waals surface area contributed by atoms with Crippen molar-refractivity contribution >= 4 is 138 Å². The molecular formula is C92H54N6O2. The van der Waals surface area contributed by atoms with E-state index >= 15 is 0 Å². The predicted octanol–water partition coefficient (Wildman–Crippen LogP) is 24.8. The lowest BCUT2D eigenvalue weighted by Crippen LogP contribution is -2.11. The molecule has 0 saturated carbocycles. The Morgan fingerprint density at radius 1 is 0.250 bits per heavy atom. The molecular weight excluding hydrogens is 1220 g/mol. The fourth-order valence-electron chi connectivity index (χ4n) is 16.8. The number of pyridine rings is 2. The second-order valence-electron chi connectivity index (χ2n) is 26.3. The molecule has 0 unspecified atom stereocenters. The van der Waals surface area contributed by atoms with Crippen molar-refractivity contribution in [3.8, 4) is 72.8 Å². The zero-order chi connectivity index (χ0) is 65.3. The van der Waals surface area contributed by atoms with E-state index in [9.17, 15) is 0 Å². The molecule has 8 nitrogen and oxygen atoms in total. The van der Waals surface area contributed by atoms with Crippen molar-refractivity contribution in [2.75, 3.05) is 4.90 Å². The van der Waals surface area contributed by atoms with Crippen LogP contribution in [0.25, 0.3) is 193 Å². The summed E-state index contributed by atoms with van der Waals surface area (Å²) >= 11 is 0. The highest BCUT2D eigenvalue weighted by Gasteiger charge is 2.33. The Bertz CT molecular complexity index is 7040. The van der Waals surface area contributed by atoms with Crippen molar-refractivity contribution in [3.63, 3.8) is 0 Å². The minimum Gasteiger partial charge on any atom is -0.438 e. The Kier molecular flexibility index (Phi) is 11.5. The van der Waals surface area contributed by atoms with Gasteiger partial charge in [-0.1, -0.05) is 218 Å². The standard InChI is InChI=1S/C92H54N6O2/c1-2-24-59(25-3-1)96-80-51-46-56(54-73(80)85-69-32-8-16-40-78(69)95(79-41-17-9-33-70(79)88(85)96)61-26-20-22-57(52-61)83-67-30-4-12-36-74(67)93-91-86(83)71-34-10-18-42-81(71)99-91)55-44-47-60(48-45-55)97-76-38-14-6-28-63(76)65-49-50-66-64-29-7-15-39-77(64)98(90(66)89(65)97)62-27-21-23-58(53-62)84-68-31-5-13-37-75(68)94-92-87(84)72-35-11-19-43-82(72)100-92/h1-54H. The van der Waals surface area contributed by atoms with Gasteiger partial charge in [0.15, 0.2) is 0 Å². The van der Waals surface area contributed by atoms with E-state index < -0.39 is 0 Å². The summed E-state index contributed by atoms with van der Waals surface area (Å²) in [6.45, 7) is 0. The van der Waals surface area contributed by atoms with Crippen LogP contribution >= 0.6 is 0 Å². The fraction of sp³-hybridized carbons (Fsp3) is 0. The lowest BCUT2D eigenvalue weighted by Gasteiger charge is -2.28. The summed E-state index contributed by atoms with van der Waals surface area (Å²) in [5, 5.41) is 12.2. The first-order valence-corrected chi connectivity index (χ1v) is 34.0. The van der Waals surface area contributed by atoms with Crippen LogP contribution in [0.2, 0.25) is 0 Å². The molecule has 0 bridgehead atoms. The van der Waals surface area contributed by atoms with E-state index in [4.69, 9.17) is 18.8 Å². The maximum atomic E-state index is 6.52. The molecule has 0 aliphatic carbocycles. The van der Waals surface area contributed by atoms with E-state index in [0.717, 1.165) is 172 Å². The number of aromatic nitrogens is 5. The number of benzene rings is 14. The summed E-state index contributed by atoms with van der Waals surface area (Å²) in [4.78, 5) is 12.6. The number of fused-ring (bicyclic) bond motifs is 22. The molecule has 8 heteroatoms. The van der Waals surface area contributed by atoms with Crippen LogP contribution in [0, 0.1) is 0 Å². The number of furan rings is 2. The lowest BCUT2D eigenvalue weighted by molar-refractivity contribution is 0.655. The zero-order valence-corrected chi connectivity index (χ0v) is 53.7. The van der Waals surface area contributed by atoms with Gasteiger partial charge in [-0.25, -0.2) is 9.97 Å². The Morgan fingerprint density at radius 3 is 1.32 bits per heavy atom. The summed E-state index contributed by atoms with van der Waals surface area (Å²) < 4.78 is 20.5. The largest absolute Gasteiger partial charge is 0.438 e. The topological polar surface area (TPSA) is 70.1 Å². The molecule has 0 amide bonds. The van der Waals surface area contributed by atoms with Crippen LogP contribution in [0.1, 0.15) is 0 Å². The molecule has 0 saturated heterocycles. The molecule has 0 fully saturated rings. The molecule has 14 aromatic carbocycles. The number of hydrogen-bond acceptors (Lipinski definition) is 5. The predicted molar refractivity (Wildman–Crippen MR) is 413 cm³/mol. The Hall–Kier alpha value is -13.6.